The molecule has 2 heterocycles. The lowest BCUT2D eigenvalue weighted by atomic mass is 9.86. The van der Waals surface area contributed by atoms with Gasteiger partial charge in [0.05, 0.1) is 5.52 Å². The number of amides is 2. The zero-order valence-electron chi connectivity index (χ0n) is 21.5. The number of allylic oxidation sites excluding steroid dienone is 5. The molecular weight excluding hydrogens is 422 g/mol. The third-order valence-corrected chi connectivity index (χ3v) is 6.35. The number of benzene rings is 1. The van der Waals surface area contributed by atoms with Crippen LogP contribution in [0.4, 0.5) is 0 Å². The second-order valence-corrected chi connectivity index (χ2v) is 10.2. The monoisotopic (exact) mass is 459 g/mol. The van der Waals surface area contributed by atoms with E-state index in [1.165, 1.54) is 22.3 Å². The van der Waals surface area contributed by atoms with Crippen molar-refractivity contribution in [1.82, 2.24) is 15.6 Å². The summed E-state index contributed by atoms with van der Waals surface area (Å²) >= 11 is 0. The fourth-order valence-electron chi connectivity index (χ4n) is 4.07. The minimum absolute atomic E-state index is 0.219. The van der Waals surface area contributed by atoms with Crippen LogP contribution in [0.2, 0.25) is 0 Å². The van der Waals surface area contributed by atoms with E-state index in [0.717, 1.165) is 35.0 Å². The molecule has 0 aliphatic carbocycles. The second kappa shape index (κ2) is 9.88. The maximum Gasteiger partial charge on any atom is 0.268 e. The van der Waals surface area contributed by atoms with Crippen LogP contribution in [-0.2, 0) is 27.8 Å². The standard InChI is InChI=1S/C29H37N3O2/c1-9-29(7,8)26-23(16-24-28(34)30-19(6)27(33)31-24)22-15-13-20(12-10-17(2)3)21(25(22)32-26)14-11-18(4)5/h9-11,13,15-16,19,32H,1,12,14H2,2-8H3,(H,30,34)(H,31,33)/b24-16-/t19-/m0/s1. The lowest BCUT2D eigenvalue weighted by Gasteiger charge is -2.23. The first-order valence-corrected chi connectivity index (χ1v) is 11.8. The van der Waals surface area contributed by atoms with Crippen LogP contribution < -0.4 is 10.6 Å². The molecule has 2 amide bonds. The summed E-state index contributed by atoms with van der Waals surface area (Å²) in [6.45, 7) is 18.3. The number of hydrogen-bond donors (Lipinski definition) is 3. The predicted octanol–water partition coefficient (Wildman–Crippen LogP) is 5.62. The predicted molar refractivity (Wildman–Crippen MR) is 142 cm³/mol. The quantitative estimate of drug-likeness (QED) is 0.371. The average molecular weight is 460 g/mol. The summed E-state index contributed by atoms with van der Waals surface area (Å²) in [7, 11) is 0. The van der Waals surface area contributed by atoms with Gasteiger partial charge in [-0.3, -0.25) is 9.59 Å². The van der Waals surface area contributed by atoms with Crippen LogP contribution in [0.1, 0.15) is 70.9 Å². The summed E-state index contributed by atoms with van der Waals surface area (Å²) in [4.78, 5) is 28.6. The zero-order valence-corrected chi connectivity index (χ0v) is 21.5. The summed E-state index contributed by atoms with van der Waals surface area (Å²) in [6, 6.07) is 3.75. The molecule has 34 heavy (non-hydrogen) atoms. The number of rotatable bonds is 7. The third kappa shape index (κ3) is 5.24. The molecule has 0 saturated carbocycles. The van der Waals surface area contributed by atoms with Gasteiger partial charge in [-0.1, -0.05) is 55.4 Å². The van der Waals surface area contributed by atoms with Crippen molar-refractivity contribution in [3.8, 4) is 0 Å². The Morgan fingerprint density at radius 1 is 1.06 bits per heavy atom. The lowest BCUT2D eigenvalue weighted by Crippen LogP contribution is -2.53. The highest BCUT2D eigenvalue weighted by atomic mass is 16.2. The molecule has 1 aromatic heterocycles. The Morgan fingerprint density at radius 3 is 2.32 bits per heavy atom. The Bertz CT molecular complexity index is 1230. The SMILES string of the molecule is C=CC(C)(C)c1[nH]c2c(CC=C(C)C)c(CC=C(C)C)ccc2c1/C=C1\NC(=O)[C@H](C)NC1=O. The molecule has 0 radical (unpaired) electrons. The largest absolute Gasteiger partial charge is 0.357 e. The Morgan fingerprint density at radius 2 is 1.71 bits per heavy atom. The van der Waals surface area contributed by atoms with Gasteiger partial charge in [-0.25, -0.2) is 0 Å². The molecule has 3 N–H and O–H groups in total. The van der Waals surface area contributed by atoms with Gasteiger partial charge >= 0.3 is 0 Å². The van der Waals surface area contributed by atoms with Gasteiger partial charge in [-0.05, 0) is 64.7 Å². The van der Waals surface area contributed by atoms with Crippen molar-refractivity contribution in [2.75, 3.05) is 0 Å². The third-order valence-electron chi connectivity index (χ3n) is 6.35. The van der Waals surface area contributed by atoms with Crippen LogP contribution >= 0.6 is 0 Å². The molecule has 0 bridgehead atoms. The van der Waals surface area contributed by atoms with Gasteiger partial charge in [0.2, 0.25) is 5.91 Å². The van der Waals surface area contributed by atoms with Crippen LogP contribution in [-0.4, -0.2) is 22.8 Å². The highest BCUT2D eigenvalue weighted by molar-refractivity contribution is 6.08. The highest BCUT2D eigenvalue weighted by Gasteiger charge is 2.29. The van der Waals surface area contributed by atoms with Crippen molar-refractivity contribution in [2.45, 2.75) is 72.8 Å². The van der Waals surface area contributed by atoms with Gasteiger partial charge in [-0.15, -0.1) is 6.58 Å². The maximum atomic E-state index is 12.7. The average Bonchev–Trinajstić information content (AvgIpc) is 3.13. The van der Waals surface area contributed by atoms with Gasteiger partial charge < -0.3 is 15.6 Å². The molecule has 1 atom stereocenters. The Balaban J connectivity index is 2.31. The topological polar surface area (TPSA) is 74.0 Å². The molecule has 1 aliphatic rings. The molecule has 0 spiro atoms. The first kappa shape index (κ1) is 25.3. The van der Waals surface area contributed by atoms with E-state index in [1.54, 1.807) is 13.0 Å². The van der Waals surface area contributed by atoms with Crippen molar-refractivity contribution >= 4 is 28.8 Å². The molecule has 1 aromatic carbocycles. The van der Waals surface area contributed by atoms with E-state index >= 15 is 0 Å². The Hall–Kier alpha value is -3.34. The van der Waals surface area contributed by atoms with Gasteiger partial charge in [-0.2, -0.15) is 0 Å². The number of nitrogens with one attached hydrogen (secondary N) is 3. The molecule has 180 valence electrons. The molecule has 5 heteroatoms. The van der Waals surface area contributed by atoms with E-state index in [1.807, 2.05) is 6.08 Å². The number of H-pyrrole nitrogens is 1. The second-order valence-electron chi connectivity index (χ2n) is 10.2. The molecule has 1 fully saturated rings. The summed E-state index contributed by atoms with van der Waals surface area (Å²) in [6.07, 6.45) is 9.85. The number of aromatic amines is 1. The van der Waals surface area contributed by atoms with E-state index in [9.17, 15) is 9.59 Å². The number of piperazine rings is 1. The van der Waals surface area contributed by atoms with Gasteiger partial charge in [0.25, 0.3) is 5.91 Å². The van der Waals surface area contributed by atoms with Crippen LogP contribution in [0.15, 0.2) is 53.8 Å². The van der Waals surface area contributed by atoms with Crippen LogP contribution in [0, 0.1) is 0 Å². The molecule has 1 aliphatic heterocycles. The smallest absolute Gasteiger partial charge is 0.268 e. The van der Waals surface area contributed by atoms with Gasteiger partial charge in [0.15, 0.2) is 0 Å². The molecule has 0 unspecified atom stereocenters. The van der Waals surface area contributed by atoms with Crippen molar-refractivity contribution in [3.05, 3.63) is 76.2 Å². The fourth-order valence-corrected chi connectivity index (χ4v) is 4.07. The molecule has 1 saturated heterocycles. The highest BCUT2D eigenvalue weighted by Crippen LogP contribution is 2.36. The van der Waals surface area contributed by atoms with Crippen molar-refractivity contribution in [1.29, 1.82) is 0 Å². The maximum absolute atomic E-state index is 12.7. The van der Waals surface area contributed by atoms with Crippen LogP contribution in [0.25, 0.3) is 17.0 Å². The number of carbonyl (C=O) groups excluding carboxylic acids is 2. The molecule has 2 aromatic rings. The van der Waals surface area contributed by atoms with E-state index < -0.39 is 6.04 Å². The minimum atomic E-state index is -0.551. The first-order valence-electron chi connectivity index (χ1n) is 11.8. The first-order chi connectivity index (χ1) is 15.9. The van der Waals surface area contributed by atoms with E-state index in [4.69, 9.17) is 0 Å². The zero-order chi connectivity index (χ0) is 25.2. The summed E-state index contributed by atoms with van der Waals surface area (Å²) in [5.41, 5.74) is 7.86. The summed E-state index contributed by atoms with van der Waals surface area (Å²) < 4.78 is 0. The summed E-state index contributed by atoms with van der Waals surface area (Å²) in [5, 5.41) is 6.52. The molecule has 5 nitrogen and oxygen atoms in total. The van der Waals surface area contributed by atoms with Gasteiger partial charge in [0, 0.05) is 22.1 Å². The summed E-state index contributed by atoms with van der Waals surface area (Å²) in [5.74, 6) is -0.503. The number of carbonyl (C=O) groups is 2. The molecule has 3 rings (SSSR count). The van der Waals surface area contributed by atoms with Crippen molar-refractivity contribution in [2.24, 2.45) is 0 Å². The van der Waals surface area contributed by atoms with Crippen LogP contribution in [0.3, 0.4) is 0 Å². The minimum Gasteiger partial charge on any atom is -0.357 e. The van der Waals surface area contributed by atoms with Crippen LogP contribution in [0.5, 0.6) is 0 Å². The van der Waals surface area contributed by atoms with E-state index in [0.29, 0.717) is 0 Å². The Labute approximate surface area is 203 Å². The fraction of sp³-hybridized carbons (Fsp3) is 0.379. The van der Waals surface area contributed by atoms with Gasteiger partial charge in [0.1, 0.15) is 11.7 Å². The number of fused-ring (bicyclic) bond motifs is 1. The number of aromatic nitrogens is 1. The molecular formula is C29H37N3O2. The van der Waals surface area contributed by atoms with E-state index in [-0.39, 0.29) is 22.9 Å². The normalized spacial score (nSPS) is 17.4. The van der Waals surface area contributed by atoms with Crippen molar-refractivity contribution in [3.63, 3.8) is 0 Å². The lowest BCUT2D eigenvalue weighted by molar-refractivity contribution is -0.130. The van der Waals surface area contributed by atoms with Crippen molar-refractivity contribution < 1.29 is 9.59 Å². The Kier molecular flexibility index (Phi) is 7.35. The number of hydrogen-bond acceptors (Lipinski definition) is 2. The van der Waals surface area contributed by atoms with E-state index in [2.05, 4.69) is 88.0 Å².